The van der Waals surface area contributed by atoms with Crippen LogP contribution in [-0.4, -0.2) is 24.3 Å². The van der Waals surface area contributed by atoms with Crippen molar-refractivity contribution in [2.24, 2.45) is 0 Å². The average molecular weight is 99.9 g/mol. The van der Waals surface area contributed by atoms with Gasteiger partial charge in [0.1, 0.15) is 0 Å². The average Bonchev–Trinajstić information content (AvgIpc) is 0. The standard InChI is InChI=1S/FH.Li.Mn.H2O/h1H;;;1H2. The summed E-state index contributed by atoms with van der Waals surface area (Å²) in [5, 5.41) is 0. The van der Waals surface area contributed by atoms with Crippen molar-refractivity contribution >= 4 is 18.9 Å². The summed E-state index contributed by atoms with van der Waals surface area (Å²) in [6, 6.07) is 0. The molecular formula is H3FLiMnO. The van der Waals surface area contributed by atoms with E-state index < -0.39 is 0 Å². The zero-order valence-electron chi connectivity index (χ0n) is 2.29. The molecule has 0 rings (SSSR count). The van der Waals surface area contributed by atoms with Gasteiger partial charge in [0.05, 0.1) is 0 Å². The normalized spacial score (nSPS) is 0. The van der Waals surface area contributed by atoms with Gasteiger partial charge in [0.15, 0.2) is 0 Å². The molecule has 0 aromatic rings. The van der Waals surface area contributed by atoms with E-state index in [9.17, 15) is 0 Å². The molecule has 0 unspecified atom stereocenters. The van der Waals surface area contributed by atoms with E-state index in [1.807, 2.05) is 0 Å². The van der Waals surface area contributed by atoms with Crippen LogP contribution in [0.5, 0.6) is 0 Å². The maximum Gasteiger partial charge on any atom is 0 e. The molecular weight excluding hydrogens is 96.9 g/mol. The summed E-state index contributed by atoms with van der Waals surface area (Å²) in [5.74, 6) is 0. The second kappa shape index (κ2) is 35.7. The third-order valence-electron chi connectivity index (χ3n) is 0. The SMILES string of the molecule is F.O.[Li].[Mn]. The molecule has 24 valence electrons. The van der Waals surface area contributed by atoms with Crippen LogP contribution in [0.2, 0.25) is 0 Å². The van der Waals surface area contributed by atoms with Crippen molar-refractivity contribution in [3.05, 3.63) is 0 Å². The summed E-state index contributed by atoms with van der Waals surface area (Å²) < 4.78 is 0. The van der Waals surface area contributed by atoms with Crippen LogP contribution >= 0.6 is 0 Å². The second-order valence-corrected chi connectivity index (χ2v) is 0. The van der Waals surface area contributed by atoms with Crippen molar-refractivity contribution in [3.8, 4) is 0 Å². The summed E-state index contributed by atoms with van der Waals surface area (Å²) in [4.78, 5) is 0. The Morgan fingerprint density at radius 3 is 1.00 bits per heavy atom. The fourth-order valence-corrected chi connectivity index (χ4v) is 0. The second-order valence-electron chi connectivity index (χ2n) is 0. The predicted molar refractivity (Wildman–Crippen MR) is 11.9 cm³/mol. The van der Waals surface area contributed by atoms with Gasteiger partial charge in [0, 0.05) is 35.9 Å². The van der Waals surface area contributed by atoms with Crippen LogP contribution in [0.25, 0.3) is 0 Å². The van der Waals surface area contributed by atoms with Gasteiger partial charge in [0.2, 0.25) is 0 Å². The van der Waals surface area contributed by atoms with Crippen LogP contribution in [0, 0.1) is 0 Å². The molecule has 0 fully saturated rings. The van der Waals surface area contributed by atoms with E-state index in [0.29, 0.717) is 0 Å². The maximum atomic E-state index is 0. The van der Waals surface area contributed by atoms with Gasteiger partial charge in [0.25, 0.3) is 0 Å². The van der Waals surface area contributed by atoms with Crippen molar-refractivity contribution < 1.29 is 27.2 Å². The van der Waals surface area contributed by atoms with Gasteiger partial charge >= 0.3 is 0 Å². The van der Waals surface area contributed by atoms with Crippen molar-refractivity contribution in [2.75, 3.05) is 0 Å². The molecule has 0 bridgehead atoms. The molecule has 4 heavy (non-hydrogen) atoms. The molecule has 2 radical (unpaired) electrons. The van der Waals surface area contributed by atoms with Crippen molar-refractivity contribution in [1.29, 1.82) is 0 Å². The minimum absolute atomic E-state index is 0. The van der Waals surface area contributed by atoms with Crippen molar-refractivity contribution in [1.82, 2.24) is 0 Å². The molecule has 4 heteroatoms. The van der Waals surface area contributed by atoms with Crippen LogP contribution in [-0.2, 0) is 17.1 Å². The largest absolute Gasteiger partial charge is 0.412 e. The van der Waals surface area contributed by atoms with Gasteiger partial charge in [-0.05, 0) is 0 Å². The summed E-state index contributed by atoms with van der Waals surface area (Å²) in [6.45, 7) is 0. The molecule has 0 heterocycles. The smallest absolute Gasteiger partial charge is 0 e. The Labute approximate surface area is 46.5 Å². The first-order chi connectivity index (χ1) is 0. The topological polar surface area (TPSA) is 31.5 Å². The third-order valence-corrected chi connectivity index (χ3v) is 0. The van der Waals surface area contributed by atoms with Crippen LogP contribution in [0.4, 0.5) is 4.70 Å². The van der Waals surface area contributed by atoms with E-state index in [-0.39, 0.29) is 46.1 Å². The van der Waals surface area contributed by atoms with E-state index in [0.717, 1.165) is 0 Å². The van der Waals surface area contributed by atoms with Crippen LogP contribution in [0.15, 0.2) is 0 Å². The first-order valence-corrected chi connectivity index (χ1v) is 0. The molecule has 0 aliphatic carbocycles. The van der Waals surface area contributed by atoms with Gasteiger partial charge in [-0.2, -0.15) is 0 Å². The molecule has 0 aliphatic heterocycles. The number of rotatable bonds is 0. The number of hydrogen-bond donors (Lipinski definition) is 0. The zero-order valence-corrected chi connectivity index (χ0v) is 3.47. The van der Waals surface area contributed by atoms with Gasteiger partial charge in [-0.1, -0.05) is 0 Å². The summed E-state index contributed by atoms with van der Waals surface area (Å²) in [7, 11) is 0. The van der Waals surface area contributed by atoms with Gasteiger partial charge < -0.3 is 5.48 Å². The molecule has 0 aliphatic rings. The molecule has 0 saturated heterocycles. The first kappa shape index (κ1) is 79.3. The van der Waals surface area contributed by atoms with E-state index in [2.05, 4.69) is 0 Å². The Morgan fingerprint density at radius 1 is 1.00 bits per heavy atom. The Bertz CT molecular complexity index is 8.00. The van der Waals surface area contributed by atoms with Gasteiger partial charge in [-0.25, -0.2) is 0 Å². The molecule has 2 N–H and O–H groups in total. The molecule has 0 saturated carbocycles. The fraction of sp³-hybridized carbons (Fsp3) is 0. The van der Waals surface area contributed by atoms with Gasteiger partial charge in [-0.3, -0.25) is 4.70 Å². The first-order valence-electron chi connectivity index (χ1n) is 0. The molecule has 0 aromatic heterocycles. The molecule has 0 atom stereocenters. The Morgan fingerprint density at radius 2 is 1.00 bits per heavy atom. The Hall–Kier alpha value is 1.01. The van der Waals surface area contributed by atoms with Crippen molar-refractivity contribution in [2.45, 2.75) is 0 Å². The Kier molecular flexibility index (Phi) is 708. The number of halogens is 1. The number of hydrogen-bond acceptors (Lipinski definition) is 0. The van der Waals surface area contributed by atoms with E-state index in [1.54, 1.807) is 0 Å². The Balaban J connectivity index is 0. The zero-order chi connectivity index (χ0) is 0. The fourth-order valence-electron chi connectivity index (χ4n) is 0. The molecule has 1 nitrogen and oxygen atoms in total. The van der Waals surface area contributed by atoms with Crippen LogP contribution < -0.4 is 0 Å². The molecule has 0 aromatic carbocycles. The molecule has 0 amide bonds. The predicted octanol–water partition coefficient (Wildman–Crippen LogP) is -1.06. The minimum Gasteiger partial charge on any atom is -0.412 e. The third kappa shape index (κ3) is 11.9. The maximum absolute atomic E-state index is 0. The quantitative estimate of drug-likeness (QED) is 0.347. The summed E-state index contributed by atoms with van der Waals surface area (Å²) >= 11 is 0. The van der Waals surface area contributed by atoms with E-state index >= 15 is 0 Å². The van der Waals surface area contributed by atoms with E-state index in [4.69, 9.17) is 0 Å². The summed E-state index contributed by atoms with van der Waals surface area (Å²) in [6.07, 6.45) is 0. The van der Waals surface area contributed by atoms with Crippen LogP contribution in [0.1, 0.15) is 0 Å². The van der Waals surface area contributed by atoms with Crippen molar-refractivity contribution in [3.63, 3.8) is 0 Å². The van der Waals surface area contributed by atoms with Gasteiger partial charge in [-0.15, -0.1) is 0 Å². The molecule has 0 spiro atoms. The monoisotopic (exact) mass is 100.0 g/mol. The summed E-state index contributed by atoms with van der Waals surface area (Å²) in [5.41, 5.74) is 0. The van der Waals surface area contributed by atoms with Crippen LogP contribution in [0.3, 0.4) is 0 Å². The van der Waals surface area contributed by atoms with E-state index in [1.165, 1.54) is 0 Å². The minimum atomic E-state index is 0.